The molecule has 0 atom stereocenters. The third kappa shape index (κ3) is 6.81. The standard InChI is InChI=1S/C15H21NO.C7H9N/c1-2-16-10-8-14(9-11-16)15(17)12-13-6-4-3-5-7-13;8-6-7-4-2-1-3-5-7/h3-7,14H,2,8-12H2,1H3;1-5H,6,8H2. The topological polar surface area (TPSA) is 46.3 Å². The van der Waals surface area contributed by atoms with E-state index in [9.17, 15) is 4.79 Å². The van der Waals surface area contributed by atoms with Crippen LogP contribution in [-0.4, -0.2) is 30.3 Å². The van der Waals surface area contributed by atoms with Gasteiger partial charge in [-0.2, -0.15) is 0 Å². The summed E-state index contributed by atoms with van der Waals surface area (Å²) >= 11 is 0. The Morgan fingerprint density at radius 3 is 1.92 bits per heavy atom. The molecule has 2 aromatic carbocycles. The lowest BCUT2D eigenvalue weighted by Crippen LogP contribution is -2.36. The largest absolute Gasteiger partial charge is 0.326 e. The molecule has 2 N–H and O–H groups in total. The summed E-state index contributed by atoms with van der Waals surface area (Å²) in [5.41, 5.74) is 7.69. The summed E-state index contributed by atoms with van der Waals surface area (Å²) in [7, 11) is 0. The number of benzene rings is 2. The molecule has 2 aromatic rings. The van der Waals surface area contributed by atoms with Crippen LogP contribution in [0.3, 0.4) is 0 Å². The van der Waals surface area contributed by atoms with E-state index in [1.165, 1.54) is 5.56 Å². The van der Waals surface area contributed by atoms with Crippen LogP contribution in [0.4, 0.5) is 0 Å². The minimum atomic E-state index is 0.290. The average Bonchev–Trinajstić information content (AvgIpc) is 2.70. The lowest BCUT2D eigenvalue weighted by molar-refractivity contribution is -0.123. The predicted octanol–water partition coefficient (Wildman–Crippen LogP) is 3.68. The number of rotatable bonds is 5. The second-order valence-corrected chi connectivity index (χ2v) is 6.53. The first-order chi connectivity index (χ1) is 12.2. The first kappa shape index (κ1) is 19.4. The van der Waals surface area contributed by atoms with Crippen molar-refractivity contribution in [3.63, 3.8) is 0 Å². The van der Waals surface area contributed by atoms with E-state index in [2.05, 4.69) is 11.8 Å². The highest BCUT2D eigenvalue weighted by molar-refractivity contribution is 5.83. The molecule has 1 saturated heterocycles. The van der Waals surface area contributed by atoms with E-state index in [1.54, 1.807) is 0 Å². The van der Waals surface area contributed by atoms with Crippen molar-refractivity contribution in [3.8, 4) is 0 Å². The number of carbonyl (C=O) groups excluding carboxylic acids is 1. The number of carbonyl (C=O) groups is 1. The Hall–Kier alpha value is -1.97. The van der Waals surface area contributed by atoms with Crippen LogP contribution in [0.15, 0.2) is 60.7 Å². The monoisotopic (exact) mass is 338 g/mol. The van der Waals surface area contributed by atoms with Crippen LogP contribution in [-0.2, 0) is 17.8 Å². The normalized spacial score (nSPS) is 15.3. The Morgan fingerprint density at radius 2 is 1.48 bits per heavy atom. The molecule has 0 unspecified atom stereocenters. The van der Waals surface area contributed by atoms with Crippen molar-refractivity contribution in [1.82, 2.24) is 4.90 Å². The van der Waals surface area contributed by atoms with Crippen molar-refractivity contribution in [1.29, 1.82) is 0 Å². The summed E-state index contributed by atoms with van der Waals surface area (Å²) in [6.07, 6.45) is 2.69. The first-order valence-corrected chi connectivity index (χ1v) is 9.26. The van der Waals surface area contributed by atoms with Gasteiger partial charge in [0.15, 0.2) is 0 Å². The van der Waals surface area contributed by atoms with Crippen LogP contribution in [0.5, 0.6) is 0 Å². The molecular formula is C22H30N2O. The van der Waals surface area contributed by atoms with Gasteiger partial charge >= 0.3 is 0 Å². The van der Waals surface area contributed by atoms with Crippen molar-refractivity contribution < 1.29 is 4.79 Å². The molecule has 1 fully saturated rings. The molecule has 1 aliphatic heterocycles. The van der Waals surface area contributed by atoms with E-state index in [-0.39, 0.29) is 5.92 Å². The molecule has 3 rings (SSSR count). The van der Waals surface area contributed by atoms with Gasteiger partial charge in [-0.25, -0.2) is 0 Å². The minimum absolute atomic E-state index is 0.290. The first-order valence-electron chi connectivity index (χ1n) is 9.26. The second-order valence-electron chi connectivity index (χ2n) is 6.53. The highest BCUT2D eigenvalue weighted by atomic mass is 16.1. The molecule has 3 heteroatoms. The van der Waals surface area contributed by atoms with E-state index < -0.39 is 0 Å². The van der Waals surface area contributed by atoms with Crippen LogP contribution in [0.1, 0.15) is 30.9 Å². The highest BCUT2D eigenvalue weighted by Gasteiger charge is 2.23. The van der Waals surface area contributed by atoms with Gasteiger partial charge in [-0.1, -0.05) is 67.6 Å². The molecule has 0 saturated carbocycles. The zero-order chi connectivity index (χ0) is 17.9. The molecule has 0 radical (unpaired) electrons. The number of nitrogens with two attached hydrogens (primary N) is 1. The second kappa shape index (κ2) is 10.8. The molecule has 3 nitrogen and oxygen atoms in total. The minimum Gasteiger partial charge on any atom is -0.326 e. The number of ketones is 1. The lowest BCUT2D eigenvalue weighted by atomic mass is 9.89. The number of hydrogen-bond donors (Lipinski definition) is 1. The van der Waals surface area contributed by atoms with Crippen LogP contribution < -0.4 is 5.73 Å². The fraction of sp³-hybridized carbons (Fsp3) is 0.409. The van der Waals surface area contributed by atoms with Crippen LogP contribution >= 0.6 is 0 Å². The molecular weight excluding hydrogens is 308 g/mol. The number of hydrogen-bond acceptors (Lipinski definition) is 3. The third-order valence-electron chi connectivity index (χ3n) is 4.79. The van der Waals surface area contributed by atoms with Crippen molar-refractivity contribution in [2.45, 2.75) is 32.7 Å². The smallest absolute Gasteiger partial charge is 0.140 e. The van der Waals surface area contributed by atoms with E-state index in [1.807, 2.05) is 60.7 Å². The maximum atomic E-state index is 12.1. The highest BCUT2D eigenvalue weighted by Crippen LogP contribution is 2.19. The molecule has 1 aliphatic rings. The van der Waals surface area contributed by atoms with Gasteiger partial charge in [0.05, 0.1) is 0 Å². The zero-order valence-electron chi connectivity index (χ0n) is 15.2. The van der Waals surface area contributed by atoms with Crippen LogP contribution in [0, 0.1) is 5.92 Å². The van der Waals surface area contributed by atoms with Gasteiger partial charge in [-0.3, -0.25) is 4.79 Å². The molecule has 25 heavy (non-hydrogen) atoms. The number of nitrogens with zero attached hydrogens (tertiary/aromatic N) is 1. The van der Waals surface area contributed by atoms with Crippen molar-refractivity contribution in [3.05, 3.63) is 71.8 Å². The van der Waals surface area contributed by atoms with Gasteiger partial charge in [0.1, 0.15) is 5.78 Å². The molecule has 0 bridgehead atoms. The Kier molecular flexibility index (Phi) is 8.36. The quantitative estimate of drug-likeness (QED) is 0.905. The Morgan fingerprint density at radius 1 is 0.960 bits per heavy atom. The van der Waals surface area contributed by atoms with Crippen molar-refractivity contribution in [2.75, 3.05) is 19.6 Å². The summed E-state index contributed by atoms with van der Waals surface area (Å²) in [4.78, 5) is 14.6. The molecule has 0 amide bonds. The SMILES string of the molecule is CCN1CCC(C(=O)Cc2ccccc2)CC1.NCc1ccccc1. The summed E-state index contributed by atoms with van der Waals surface area (Å²) in [6.45, 7) is 6.11. The lowest BCUT2D eigenvalue weighted by Gasteiger charge is -2.30. The molecule has 134 valence electrons. The van der Waals surface area contributed by atoms with Crippen LogP contribution in [0.25, 0.3) is 0 Å². The molecule has 0 aliphatic carbocycles. The van der Waals surface area contributed by atoms with E-state index >= 15 is 0 Å². The predicted molar refractivity (Wildman–Crippen MR) is 104 cm³/mol. The van der Waals surface area contributed by atoms with E-state index in [4.69, 9.17) is 5.73 Å². The van der Waals surface area contributed by atoms with Gasteiger partial charge in [-0.15, -0.1) is 0 Å². The number of Topliss-reactive ketones (excluding diaryl/α,β-unsaturated/α-hetero) is 1. The van der Waals surface area contributed by atoms with Gasteiger partial charge in [0, 0.05) is 18.9 Å². The maximum Gasteiger partial charge on any atom is 0.140 e. The third-order valence-corrected chi connectivity index (χ3v) is 4.79. The van der Waals surface area contributed by atoms with Crippen molar-refractivity contribution >= 4 is 5.78 Å². The summed E-state index contributed by atoms with van der Waals surface area (Å²) in [5.74, 6) is 0.713. The van der Waals surface area contributed by atoms with E-state index in [0.29, 0.717) is 18.7 Å². The van der Waals surface area contributed by atoms with Crippen LogP contribution in [0.2, 0.25) is 0 Å². The molecule has 0 spiro atoms. The molecule has 1 heterocycles. The number of piperidine rings is 1. The van der Waals surface area contributed by atoms with Gasteiger partial charge in [-0.05, 0) is 43.6 Å². The number of likely N-dealkylation sites (tertiary alicyclic amines) is 1. The Bertz CT molecular complexity index is 604. The Labute approximate surface area is 151 Å². The fourth-order valence-electron chi connectivity index (χ4n) is 3.13. The van der Waals surface area contributed by atoms with Gasteiger partial charge < -0.3 is 10.6 Å². The average molecular weight is 338 g/mol. The van der Waals surface area contributed by atoms with Gasteiger partial charge in [0.2, 0.25) is 0 Å². The zero-order valence-corrected chi connectivity index (χ0v) is 15.2. The summed E-state index contributed by atoms with van der Waals surface area (Å²) in [5, 5.41) is 0. The fourth-order valence-corrected chi connectivity index (χ4v) is 3.13. The Balaban J connectivity index is 0.000000236. The molecule has 0 aromatic heterocycles. The van der Waals surface area contributed by atoms with Gasteiger partial charge in [0.25, 0.3) is 0 Å². The maximum absolute atomic E-state index is 12.1. The van der Waals surface area contributed by atoms with E-state index in [0.717, 1.165) is 38.0 Å². The summed E-state index contributed by atoms with van der Waals surface area (Å²) in [6, 6.07) is 20.1. The summed E-state index contributed by atoms with van der Waals surface area (Å²) < 4.78 is 0. The van der Waals surface area contributed by atoms with Crippen molar-refractivity contribution in [2.24, 2.45) is 11.7 Å².